The van der Waals surface area contributed by atoms with Crippen LogP contribution in [0.1, 0.15) is 25.7 Å². The van der Waals surface area contributed by atoms with Gasteiger partial charge in [-0.2, -0.15) is 0 Å². The van der Waals surface area contributed by atoms with Crippen LogP contribution in [0, 0.1) is 0 Å². The molecule has 1 saturated heterocycles. The largest absolute Gasteiger partial charge is 0.341 e. The fourth-order valence-corrected chi connectivity index (χ4v) is 4.23. The van der Waals surface area contributed by atoms with Crippen LogP contribution < -0.4 is 5.56 Å². The Morgan fingerprint density at radius 3 is 2.75 bits per heavy atom. The zero-order valence-corrected chi connectivity index (χ0v) is 14.1. The van der Waals surface area contributed by atoms with Gasteiger partial charge in [-0.3, -0.25) is 14.2 Å². The minimum absolute atomic E-state index is 0.000568. The van der Waals surface area contributed by atoms with E-state index in [1.165, 1.54) is 35.1 Å². The molecule has 7 heteroatoms. The Hall–Kier alpha value is -2.28. The van der Waals surface area contributed by atoms with Crippen LogP contribution in [0.15, 0.2) is 29.5 Å². The molecule has 3 aromatic heterocycles. The third kappa shape index (κ3) is 2.69. The predicted octanol–water partition coefficient (Wildman–Crippen LogP) is 2.41. The molecule has 0 spiro atoms. The molecule has 24 heavy (non-hydrogen) atoms. The third-order valence-electron chi connectivity index (χ3n) is 4.49. The number of likely N-dealkylation sites (tertiary alicyclic amines) is 1. The zero-order valence-electron chi connectivity index (χ0n) is 13.3. The van der Waals surface area contributed by atoms with Crippen molar-refractivity contribution in [1.82, 2.24) is 19.4 Å². The van der Waals surface area contributed by atoms with Crippen LogP contribution >= 0.6 is 11.3 Å². The Labute approximate surface area is 142 Å². The van der Waals surface area contributed by atoms with Gasteiger partial charge in [0.25, 0.3) is 5.56 Å². The van der Waals surface area contributed by atoms with E-state index in [-0.39, 0.29) is 18.0 Å². The first-order valence-electron chi connectivity index (χ1n) is 8.24. The number of aromatic nitrogens is 3. The SMILES string of the molecule is O=C(Cn1cnc2c(sc3ncccc32)c1=O)N1CCCCCC1. The van der Waals surface area contributed by atoms with Crippen LogP contribution in [0.5, 0.6) is 0 Å². The fraction of sp³-hybridized carbons (Fsp3) is 0.412. The van der Waals surface area contributed by atoms with Gasteiger partial charge in [0, 0.05) is 24.7 Å². The molecule has 1 aliphatic rings. The molecule has 0 bridgehead atoms. The highest BCUT2D eigenvalue weighted by atomic mass is 32.1. The molecule has 0 unspecified atom stereocenters. The number of hydrogen-bond donors (Lipinski definition) is 0. The molecule has 0 aliphatic carbocycles. The average molecular weight is 342 g/mol. The summed E-state index contributed by atoms with van der Waals surface area (Å²) in [6.45, 7) is 1.63. The number of carbonyl (C=O) groups is 1. The van der Waals surface area contributed by atoms with E-state index in [9.17, 15) is 9.59 Å². The van der Waals surface area contributed by atoms with Gasteiger partial charge in [-0.15, -0.1) is 11.3 Å². The molecule has 124 valence electrons. The number of amides is 1. The van der Waals surface area contributed by atoms with Crippen molar-refractivity contribution in [3.8, 4) is 0 Å². The molecular formula is C17H18N4O2S. The summed E-state index contributed by atoms with van der Waals surface area (Å²) in [5, 5.41) is 0.889. The summed E-state index contributed by atoms with van der Waals surface area (Å²) in [5.74, 6) is -0.000568. The van der Waals surface area contributed by atoms with Crippen molar-refractivity contribution in [2.75, 3.05) is 13.1 Å². The van der Waals surface area contributed by atoms with Crippen molar-refractivity contribution in [3.63, 3.8) is 0 Å². The topological polar surface area (TPSA) is 68.1 Å². The van der Waals surface area contributed by atoms with Crippen molar-refractivity contribution in [3.05, 3.63) is 35.0 Å². The zero-order chi connectivity index (χ0) is 16.5. The van der Waals surface area contributed by atoms with Gasteiger partial charge in [0.05, 0.1) is 11.8 Å². The molecule has 1 aliphatic heterocycles. The summed E-state index contributed by atoms with van der Waals surface area (Å²) in [5.41, 5.74) is 0.512. The van der Waals surface area contributed by atoms with E-state index in [0.29, 0.717) is 10.2 Å². The van der Waals surface area contributed by atoms with E-state index in [0.717, 1.165) is 36.1 Å². The van der Waals surface area contributed by atoms with Gasteiger partial charge < -0.3 is 4.90 Å². The lowest BCUT2D eigenvalue weighted by atomic mass is 10.2. The highest BCUT2D eigenvalue weighted by Gasteiger charge is 2.18. The number of pyridine rings is 1. The maximum atomic E-state index is 12.7. The van der Waals surface area contributed by atoms with E-state index >= 15 is 0 Å². The Morgan fingerprint density at radius 1 is 1.17 bits per heavy atom. The summed E-state index contributed by atoms with van der Waals surface area (Å²) in [6.07, 6.45) is 7.62. The summed E-state index contributed by atoms with van der Waals surface area (Å²) in [4.78, 5) is 36.6. The van der Waals surface area contributed by atoms with Gasteiger partial charge in [0.1, 0.15) is 16.1 Å². The predicted molar refractivity (Wildman–Crippen MR) is 94.2 cm³/mol. The molecule has 4 rings (SSSR count). The maximum absolute atomic E-state index is 12.7. The van der Waals surface area contributed by atoms with Crippen LogP contribution in [0.3, 0.4) is 0 Å². The molecule has 3 aromatic rings. The van der Waals surface area contributed by atoms with E-state index < -0.39 is 0 Å². The van der Waals surface area contributed by atoms with Crippen LogP contribution in [0.4, 0.5) is 0 Å². The second-order valence-corrected chi connectivity index (χ2v) is 7.11. The minimum atomic E-state index is -0.161. The minimum Gasteiger partial charge on any atom is -0.341 e. The highest BCUT2D eigenvalue weighted by Crippen LogP contribution is 2.27. The number of rotatable bonds is 2. The first kappa shape index (κ1) is 15.3. The van der Waals surface area contributed by atoms with Gasteiger partial charge >= 0.3 is 0 Å². The standard InChI is InChI=1S/C17H18N4O2S/c22-13(20-8-3-1-2-4-9-20)10-21-11-19-14-12-6-5-7-18-16(12)24-15(14)17(21)23/h5-7,11H,1-4,8-10H2. The fourth-order valence-electron chi connectivity index (χ4n) is 3.18. The van der Waals surface area contributed by atoms with Gasteiger partial charge in [-0.05, 0) is 25.0 Å². The lowest BCUT2D eigenvalue weighted by molar-refractivity contribution is -0.131. The van der Waals surface area contributed by atoms with Gasteiger partial charge in [0.2, 0.25) is 5.91 Å². The van der Waals surface area contributed by atoms with E-state index in [4.69, 9.17) is 0 Å². The van der Waals surface area contributed by atoms with Crippen molar-refractivity contribution >= 4 is 37.7 Å². The molecule has 0 aromatic carbocycles. The van der Waals surface area contributed by atoms with Gasteiger partial charge in [-0.25, -0.2) is 9.97 Å². The number of carbonyl (C=O) groups excluding carboxylic acids is 1. The van der Waals surface area contributed by atoms with Crippen LogP contribution in [0.25, 0.3) is 20.4 Å². The first-order valence-corrected chi connectivity index (χ1v) is 9.06. The summed E-state index contributed by atoms with van der Waals surface area (Å²) >= 11 is 1.34. The molecule has 0 saturated carbocycles. The van der Waals surface area contributed by atoms with E-state index in [2.05, 4.69) is 9.97 Å². The molecule has 4 heterocycles. The van der Waals surface area contributed by atoms with Crippen LogP contribution in [-0.2, 0) is 11.3 Å². The smallest absolute Gasteiger partial charge is 0.271 e. The van der Waals surface area contributed by atoms with Crippen molar-refractivity contribution in [2.45, 2.75) is 32.2 Å². The van der Waals surface area contributed by atoms with Gasteiger partial charge in [-0.1, -0.05) is 12.8 Å². The van der Waals surface area contributed by atoms with E-state index in [1.807, 2.05) is 17.0 Å². The number of hydrogen-bond acceptors (Lipinski definition) is 5. The Morgan fingerprint density at radius 2 is 1.96 bits per heavy atom. The monoisotopic (exact) mass is 342 g/mol. The van der Waals surface area contributed by atoms with Crippen LogP contribution in [0.2, 0.25) is 0 Å². The third-order valence-corrected chi connectivity index (χ3v) is 5.58. The van der Waals surface area contributed by atoms with E-state index in [1.54, 1.807) is 6.20 Å². The second kappa shape index (κ2) is 6.32. The number of fused-ring (bicyclic) bond motifs is 3. The van der Waals surface area contributed by atoms with Crippen molar-refractivity contribution in [2.24, 2.45) is 0 Å². The van der Waals surface area contributed by atoms with Crippen LogP contribution in [-0.4, -0.2) is 38.4 Å². The molecule has 1 fully saturated rings. The Kier molecular flexibility index (Phi) is 4.02. The van der Waals surface area contributed by atoms with Gasteiger partial charge in [0.15, 0.2) is 0 Å². The normalized spacial score (nSPS) is 15.8. The average Bonchev–Trinajstić information content (AvgIpc) is 2.78. The quantitative estimate of drug-likeness (QED) is 0.717. The van der Waals surface area contributed by atoms with Crippen molar-refractivity contribution < 1.29 is 4.79 Å². The summed E-state index contributed by atoms with van der Waals surface area (Å²) in [6, 6.07) is 3.75. The number of nitrogens with zero attached hydrogens (tertiary/aromatic N) is 4. The molecule has 0 radical (unpaired) electrons. The summed E-state index contributed by atoms with van der Waals surface area (Å²) in [7, 11) is 0. The lowest BCUT2D eigenvalue weighted by Crippen LogP contribution is -2.37. The molecule has 6 nitrogen and oxygen atoms in total. The number of thiophene rings is 1. The maximum Gasteiger partial charge on any atom is 0.271 e. The lowest BCUT2D eigenvalue weighted by Gasteiger charge is -2.20. The second-order valence-electron chi connectivity index (χ2n) is 6.11. The first-order chi connectivity index (χ1) is 11.7. The molecule has 0 N–H and O–H groups in total. The van der Waals surface area contributed by atoms with Crippen molar-refractivity contribution in [1.29, 1.82) is 0 Å². The Bertz CT molecular complexity index is 954. The summed E-state index contributed by atoms with van der Waals surface area (Å²) < 4.78 is 1.99. The molecule has 0 atom stereocenters. The molecular weight excluding hydrogens is 324 g/mol. The Balaban J connectivity index is 1.67. The highest BCUT2D eigenvalue weighted by molar-refractivity contribution is 7.25. The molecule has 1 amide bonds.